The Hall–Kier alpha value is -2.09. The van der Waals surface area contributed by atoms with E-state index >= 15 is 0 Å². The second-order valence-electron chi connectivity index (χ2n) is 7.80. The number of nitrogens with zero attached hydrogens (tertiary/aromatic N) is 2. The van der Waals surface area contributed by atoms with E-state index in [2.05, 4.69) is 32.8 Å². The molecule has 3 unspecified atom stereocenters. The van der Waals surface area contributed by atoms with E-state index in [1.807, 2.05) is 25.4 Å². The molecule has 1 fully saturated rings. The first kappa shape index (κ1) is 21.2. The lowest BCUT2D eigenvalue weighted by Crippen LogP contribution is -2.46. The van der Waals surface area contributed by atoms with Gasteiger partial charge in [-0.15, -0.1) is 4.31 Å². The Balaban J connectivity index is 1.55. The van der Waals surface area contributed by atoms with Crippen LogP contribution < -0.4 is 10.1 Å². The first-order valence-corrected chi connectivity index (χ1v) is 11.7. The maximum atomic E-state index is 14.1. The summed E-state index contributed by atoms with van der Waals surface area (Å²) in [6, 6.07) is 5.12. The smallest absolute Gasteiger partial charge is 0.127 e. The van der Waals surface area contributed by atoms with Gasteiger partial charge in [0, 0.05) is 66.5 Å². The number of methoxy groups -OCH3 is 1. The predicted molar refractivity (Wildman–Crippen MR) is 120 cm³/mol. The van der Waals surface area contributed by atoms with Crippen LogP contribution in [-0.4, -0.2) is 47.1 Å². The molecule has 0 spiro atoms. The summed E-state index contributed by atoms with van der Waals surface area (Å²) in [5, 5.41) is 3.72. The Morgan fingerprint density at radius 3 is 2.83 bits per heavy atom. The van der Waals surface area contributed by atoms with Gasteiger partial charge in [0.25, 0.3) is 0 Å². The van der Waals surface area contributed by atoms with Gasteiger partial charge < -0.3 is 14.6 Å². The molecule has 0 bridgehead atoms. The summed E-state index contributed by atoms with van der Waals surface area (Å²) in [6.45, 7) is 3.62. The molecule has 4 rings (SSSR count). The van der Waals surface area contributed by atoms with E-state index in [9.17, 15) is 8.94 Å². The molecule has 0 aromatic heterocycles. The van der Waals surface area contributed by atoms with Gasteiger partial charge in [-0.25, -0.2) is 4.39 Å². The number of allylic oxidation sites excluding steroid dienone is 5. The molecule has 5 nitrogen and oxygen atoms in total. The molecule has 1 saturated heterocycles. The normalized spacial score (nSPS) is 25.3. The average molecular weight is 430 g/mol. The van der Waals surface area contributed by atoms with Crippen molar-refractivity contribution in [2.45, 2.75) is 25.8 Å². The average Bonchev–Trinajstić information content (AvgIpc) is 2.78. The van der Waals surface area contributed by atoms with Crippen molar-refractivity contribution in [2.75, 3.05) is 26.0 Å². The van der Waals surface area contributed by atoms with E-state index in [-0.39, 0.29) is 17.7 Å². The Kier molecular flexibility index (Phi) is 6.61. The standard InChI is InChI=1S/C23H28FN3O2S/c1-3-30(28)27-8-5-20(6-9-27)26-23-13-17(10-16-4-7-25-15-22(16)23)18-11-19(24)14-21(12-18)29-2/h4,7,10-16,20,22,26H,3,5-6,8-9H2,1-2H3. The highest BCUT2D eigenvalue weighted by Crippen LogP contribution is 2.35. The van der Waals surface area contributed by atoms with Crippen molar-refractivity contribution < 1.29 is 13.7 Å². The summed E-state index contributed by atoms with van der Waals surface area (Å²) in [5.41, 5.74) is 2.87. The molecule has 160 valence electrons. The molecule has 2 aliphatic heterocycles. The second-order valence-corrected chi connectivity index (χ2v) is 9.54. The van der Waals surface area contributed by atoms with Gasteiger partial charge in [0.15, 0.2) is 0 Å². The number of ether oxygens (including phenoxy) is 1. The number of rotatable bonds is 6. The number of fused-ring (bicyclic) bond motifs is 1. The number of benzene rings is 1. The van der Waals surface area contributed by atoms with Crippen LogP contribution in [0, 0.1) is 17.7 Å². The number of piperidine rings is 1. The number of nitrogens with one attached hydrogen (secondary N) is 1. The van der Waals surface area contributed by atoms with Gasteiger partial charge in [-0.05, 0) is 49.1 Å². The van der Waals surface area contributed by atoms with Gasteiger partial charge in [0.05, 0.1) is 7.11 Å². The van der Waals surface area contributed by atoms with Crippen molar-refractivity contribution in [1.82, 2.24) is 9.62 Å². The van der Waals surface area contributed by atoms with Crippen LogP contribution in [-0.2, 0) is 11.4 Å². The molecule has 2 heterocycles. The number of hydrogen-bond donors (Lipinski definition) is 1. The van der Waals surface area contributed by atoms with Crippen molar-refractivity contribution in [2.24, 2.45) is 16.8 Å². The largest absolute Gasteiger partial charge is 0.598 e. The van der Waals surface area contributed by atoms with Crippen LogP contribution in [0.15, 0.2) is 53.3 Å². The van der Waals surface area contributed by atoms with Crippen LogP contribution in [0.25, 0.3) is 5.57 Å². The van der Waals surface area contributed by atoms with Gasteiger partial charge in [-0.1, -0.05) is 12.2 Å². The highest BCUT2D eigenvalue weighted by atomic mass is 32.2. The number of hydrogen-bond acceptors (Lipinski definition) is 5. The van der Waals surface area contributed by atoms with Crippen molar-refractivity contribution in [3.8, 4) is 5.75 Å². The molecule has 1 aromatic rings. The summed E-state index contributed by atoms with van der Waals surface area (Å²) in [6.07, 6.45) is 12.0. The minimum Gasteiger partial charge on any atom is -0.598 e. The third-order valence-electron chi connectivity index (χ3n) is 5.90. The van der Waals surface area contributed by atoms with Crippen LogP contribution in [0.3, 0.4) is 0 Å². The van der Waals surface area contributed by atoms with E-state index in [4.69, 9.17) is 4.74 Å². The minimum atomic E-state index is -0.874. The summed E-state index contributed by atoms with van der Waals surface area (Å²) < 4.78 is 33.5. The maximum absolute atomic E-state index is 14.1. The molecule has 3 atom stereocenters. The third kappa shape index (κ3) is 4.63. The maximum Gasteiger partial charge on any atom is 0.127 e. The van der Waals surface area contributed by atoms with Gasteiger partial charge >= 0.3 is 0 Å². The fourth-order valence-corrected chi connectivity index (χ4v) is 5.25. The Morgan fingerprint density at radius 2 is 2.10 bits per heavy atom. The van der Waals surface area contributed by atoms with Crippen molar-refractivity contribution in [3.05, 3.63) is 59.7 Å². The molecule has 1 aliphatic carbocycles. The Bertz CT molecular complexity index is 890. The zero-order chi connectivity index (χ0) is 21.1. The Morgan fingerprint density at radius 1 is 1.30 bits per heavy atom. The number of halogens is 1. The highest BCUT2D eigenvalue weighted by molar-refractivity contribution is 7.89. The first-order chi connectivity index (χ1) is 14.6. The van der Waals surface area contributed by atoms with Gasteiger partial charge in [0.1, 0.15) is 17.3 Å². The molecule has 7 heteroatoms. The summed E-state index contributed by atoms with van der Waals surface area (Å²) in [5.74, 6) is 1.19. The van der Waals surface area contributed by atoms with Crippen molar-refractivity contribution in [1.29, 1.82) is 0 Å². The topological polar surface area (TPSA) is 59.9 Å². The lowest BCUT2D eigenvalue weighted by molar-refractivity contribution is 0.296. The van der Waals surface area contributed by atoms with Crippen LogP contribution in [0.4, 0.5) is 4.39 Å². The van der Waals surface area contributed by atoms with Crippen LogP contribution in [0.2, 0.25) is 0 Å². The quantitative estimate of drug-likeness (QED) is 0.701. The summed E-state index contributed by atoms with van der Waals surface area (Å²) in [7, 11) is 1.55. The molecule has 0 amide bonds. The highest BCUT2D eigenvalue weighted by Gasteiger charge is 2.31. The van der Waals surface area contributed by atoms with E-state index in [0.29, 0.717) is 17.5 Å². The minimum absolute atomic E-state index is 0.150. The molecule has 30 heavy (non-hydrogen) atoms. The lowest BCUT2D eigenvalue weighted by Gasteiger charge is -2.36. The van der Waals surface area contributed by atoms with Gasteiger partial charge in [-0.3, -0.25) is 4.99 Å². The molecule has 0 radical (unpaired) electrons. The van der Waals surface area contributed by atoms with Crippen LogP contribution >= 0.6 is 0 Å². The predicted octanol–water partition coefficient (Wildman–Crippen LogP) is 3.68. The summed E-state index contributed by atoms with van der Waals surface area (Å²) >= 11 is -0.874. The summed E-state index contributed by atoms with van der Waals surface area (Å²) in [4.78, 5) is 4.35. The third-order valence-corrected chi connectivity index (χ3v) is 7.33. The van der Waals surface area contributed by atoms with Gasteiger partial charge in [-0.2, -0.15) is 0 Å². The van der Waals surface area contributed by atoms with Crippen molar-refractivity contribution in [3.63, 3.8) is 0 Å². The molecule has 1 N–H and O–H groups in total. The molecule has 1 aromatic carbocycles. The van der Waals surface area contributed by atoms with E-state index in [0.717, 1.165) is 42.8 Å². The van der Waals surface area contributed by atoms with Crippen molar-refractivity contribution >= 4 is 23.1 Å². The molecule has 3 aliphatic rings. The van der Waals surface area contributed by atoms with E-state index in [1.54, 1.807) is 13.2 Å². The fraction of sp³-hybridized carbons (Fsp3) is 0.435. The van der Waals surface area contributed by atoms with E-state index < -0.39 is 11.4 Å². The Labute approximate surface area is 180 Å². The SMILES string of the molecule is CC[S+]([O-])N1CCC(NC2=CC(c3cc(F)cc(OC)c3)=CC3C=CN=CC23)CC1. The molecular weight excluding hydrogens is 401 g/mol. The first-order valence-electron chi connectivity index (χ1n) is 10.5. The zero-order valence-electron chi connectivity index (χ0n) is 17.4. The monoisotopic (exact) mass is 429 g/mol. The number of aliphatic imine (C=N–C) groups is 1. The van der Waals surface area contributed by atoms with Gasteiger partial charge in [0.2, 0.25) is 0 Å². The zero-order valence-corrected chi connectivity index (χ0v) is 18.2. The fourth-order valence-electron chi connectivity index (χ4n) is 4.26. The second kappa shape index (κ2) is 9.37. The molecule has 0 saturated carbocycles. The lowest BCUT2D eigenvalue weighted by atomic mass is 9.80. The van der Waals surface area contributed by atoms with Crippen LogP contribution in [0.1, 0.15) is 25.3 Å². The van der Waals surface area contributed by atoms with E-state index in [1.165, 1.54) is 6.07 Å². The van der Waals surface area contributed by atoms with Crippen LogP contribution in [0.5, 0.6) is 5.75 Å². The molecular formula is C23H28FN3O2S.